The van der Waals surface area contributed by atoms with Gasteiger partial charge in [-0.1, -0.05) is 51.6 Å². The number of hydrogen-bond acceptors (Lipinski definition) is 6. The Morgan fingerprint density at radius 1 is 1.24 bits per heavy atom. The second kappa shape index (κ2) is 8.20. The van der Waals surface area contributed by atoms with Crippen LogP contribution in [0.4, 0.5) is 0 Å². The lowest BCUT2D eigenvalue weighted by molar-refractivity contribution is 0.445. The Morgan fingerprint density at radius 3 is 2.52 bits per heavy atom. The highest BCUT2D eigenvalue weighted by Gasteiger charge is 2.23. The SMILES string of the molecule is CCN(CC)S(=O)(=O)c1cccc(-c2nnc(SCC(C)C)n2N)c1. The van der Waals surface area contributed by atoms with Crippen LogP contribution in [0, 0.1) is 5.92 Å². The highest BCUT2D eigenvalue weighted by molar-refractivity contribution is 7.99. The van der Waals surface area contributed by atoms with Crippen molar-refractivity contribution in [2.45, 2.75) is 37.7 Å². The van der Waals surface area contributed by atoms with Crippen molar-refractivity contribution in [3.63, 3.8) is 0 Å². The van der Waals surface area contributed by atoms with Crippen molar-refractivity contribution in [1.29, 1.82) is 0 Å². The predicted molar refractivity (Wildman–Crippen MR) is 101 cm³/mol. The van der Waals surface area contributed by atoms with E-state index in [1.807, 2.05) is 13.8 Å². The number of nitrogens with zero attached hydrogens (tertiary/aromatic N) is 4. The van der Waals surface area contributed by atoms with Crippen molar-refractivity contribution in [2.75, 3.05) is 24.7 Å². The number of benzene rings is 1. The molecule has 0 radical (unpaired) electrons. The third-order valence-electron chi connectivity index (χ3n) is 3.65. The molecule has 9 heteroatoms. The molecular formula is C16H25N5O2S2. The summed E-state index contributed by atoms with van der Waals surface area (Å²) in [5.41, 5.74) is 0.625. The summed E-state index contributed by atoms with van der Waals surface area (Å²) in [6, 6.07) is 6.66. The summed E-state index contributed by atoms with van der Waals surface area (Å²) in [5.74, 6) is 7.94. The van der Waals surface area contributed by atoms with Crippen LogP contribution in [0.3, 0.4) is 0 Å². The van der Waals surface area contributed by atoms with E-state index in [-0.39, 0.29) is 4.90 Å². The van der Waals surface area contributed by atoms with Gasteiger partial charge in [-0.25, -0.2) is 13.1 Å². The van der Waals surface area contributed by atoms with E-state index in [1.54, 1.807) is 24.3 Å². The maximum atomic E-state index is 12.7. The van der Waals surface area contributed by atoms with Crippen LogP contribution >= 0.6 is 11.8 Å². The Bertz CT molecular complexity index is 814. The fraction of sp³-hybridized carbons (Fsp3) is 0.500. The third-order valence-corrected chi connectivity index (χ3v) is 7.06. The van der Waals surface area contributed by atoms with Crippen LogP contribution in [0.15, 0.2) is 34.3 Å². The van der Waals surface area contributed by atoms with Gasteiger partial charge in [-0.3, -0.25) is 0 Å². The molecule has 0 bridgehead atoms. The van der Waals surface area contributed by atoms with Gasteiger partial charge in [0.15, 0.2) is 5.82 Å². The molecule has 1 aromatic carbocycles. The monoisotopic (exact) mass is 383 g/mol. The van der Waals surface area contributed by atoms with Crippen molar-refractivity contribution in [3.05, 3.63) is 24.3 Å². The number of nitrogen functional groups attached to an aromatic ring is 1. The van der Waals surface area contributed by atoms with Gasteiger partial charge in [0.25, 0.3) is 0 Å². The van der Waals surface area contributed by atoms with Crippen molar-refractivity contribution in [3.8, 4) is 11.4 Å². The van der Waals surface area contributed by atoms with Gasteiger partial charge in [0, 0.05) is 24.4 Å². The summed E-state index contributed by atoms with van der Waals surface area (Å²) in [6.45, 7) is 8.72. The number of hydrogen-bond donors (Lipinski definition) is 1. The first-order valence-electron chi connectivity index (χ1n) is 8.25. The molecule has 0 spiro atoms. The lowest BCUT2D eigenvalue weighted by Gasteiger charge is -2.18. The van der Waals surface area contributed by atoms with Gasteiger partial charge >= 0.3 is 0 Å². The van der Waals surface area contributed by atoms with Gasteiger partial charge in [-0.15, -0.1) is 10.2 Å². The lowest BCUT2D eigenvalue weighted by atomic mass is 10.2. The molecule has 0 aliphatic heterocycles. The van der Waals surface area contributed by atoms with E-state index >= 15 is 0 Å². The molecular weight excluding hydrogens is 358 g/mol. The minimum Gasteiger partial charge on any atom is -0.335 e. The fourth-order valence-corrected chi connectivity index (χ4v) is 4.63. The van der Waals surface area contributed by atoms with Crippen LogP contribution in [0.5, 0.6) is 0 Å². The fourth-order valence-electron chi connectivity index (χ4n) is 2.32. The molecule has 25 heavy (non-hydrogen) atoms. The number of aromatic nitrogens is 3. The molecule has 2 rings (SSSR count). The molecule has 0 unspecified atom stereocenters. The second-order valence-electron chi connectivity index (χ2n) is 6.00. The summed E-state index contributed by atoms with van der Waals surface area (Å²) in [5, 5.41) is 8.86. The van der Waals surface area contributed by atoms with Crippen molar-refractivity contribution in [1.82, 2.24) is 19.2 Å². The maximum Gasteiger partial charge on any atom is 0.243 e. The molecule has 2 aromatic rings. The molecule has 0 aliphatic rings. The molecule has 0 amide bonds. The molecule has 0 saturated carbocycles. The van der Waals surface area contributed by atoms with Gasteiger partial charge in [0.2, 0.25) is 15.2 Å². The molecule has 0 saturated heterocycles. The minimum absolute atomic E-state index is 0.230. The van der Waals surface area contributed by atoms with Crippen LogP contribution in [0.1, 0.15) is 27.7 Å². The zero-order valence-corrected chi connectivity index (χ0v) is 16.6. The molecule has 138 valence electrons. The summed E-state index contributed by atoms with van der Waals surface area (Å²) in [6.07, 6.45) is 0. The Balaban J connectivity index is 2.37. The Hall–Kier alpha value is -1.58. The van der Waals surface area contributed by atoms with Crippen molar-refractivity contribution in [2.24, 2.45) is 5.92 Å². The predicted octanol–water partition coefficient (Wildman–Crippen LogP) is 2.44. The van der Waals surface area contributed by atoms with Crippen molar-refractivity contribution < 1.29 is 8.42 Å². The second-order valence-corrected chi connectivity index (χ2v) is 8.92. The van der Waals surface area contributed by atoms with E-state index in [4.69, 9.17) is 5.84 Å². The molecule has 2 N–H and O–H groups in total. The number of nitrogens with two attached hydrogens (primary N) is 1. The third kappa shape index (κ3) is 4.34. The Morgan fingerprint density at radius 2 is 1.92 bits per heavy atom. The summed E-state index contributed by atoms with van der Waals surface area (Å²) >= 11 is 1.53. The molecule has 0 fully saturated rings. The first-order chi connectivity index (χ1) is 11.8. The van der Waals surface area contributed by atoms with Crippen LogP contribution in [0.2, 0.25) is 0 Å². The van der Waals surface area contributed by atoms with Crippen LogP contribution < -0.4 is 5.84 Å². The average Bonchev–Trinajstić information content (AvgIpc) is 2.94. The smallest absolute Gasteiger partial charge is 0.243 e. The van der Waals surface area contributed by atoms with Gasteiger partial charge in [-0.2, -0.15) is 4.31 Å². The lowest BCUT2D eigenvalue weighted by Crippen LogP contribution is -2.30. The van der Waals surface area contributed by atoms with E-state index in [0.29, 0.717) is 35.6 Å². The summed E-state index contributed by atoms with van der Waals surface area (Å²) in [7, 11) is -3.53. The number of rotatable bonds is 8. The molecule has 0 atom stereocenters. The first kappa shape index (κ1) is 19.7. The minimum atomic E-state index is -3.53. The van der Waals surface area contributed by atoms with Gasteiger partial charge < -0.3 is 5.84 Å². The van der Waals surface area contributed by atoms with E-state index < -0.39 is 10.0 Å². The molecule has 1 heterocycles. The summed E-state index contributed by atoms with van der Waals surface area (Å²) in [4.78, 5) is 0.230. The van der Waals surface area contributed by atoms with E-state index in [1.165, 1.54) is 20.7 Å². The normalized spacial score (nSPS) is 12.2. The molecule has 0 aliphatic carbocycles. The van der Waals surface area contributed by atoms with Crippen LogP contribution in [0.25, 0.3) is 11.4 Å². The van der Waals surface area contributed by atoms with E-state index in [2.05, 4.69) is 24.0 Å². The highest BCUT2D eigenvalue weighted by atomic mass is 32.2. The van der Waals surface area contributed by atoms with Crippen molar-refractivity contribution >= 4 is 21.8 Å². The largest absolute Gasteiger partial charge is 0.335 e. The zero-order chi connectivity index (χ0) is 18.6. The zero-order valence-electron chi connectivity index (χ0n) is 15.0. The average molecular weight is 384 g/mol. The van der Waals surface area contributed by atoms with Gasteiger partial charge in [0.05, 0.1) is 4.90 Å². The van der Waals surface area contributed by atoms with Gasteiger partial charge in [0.1, 0.15) is 0 Å². The standard InChI is InChI=1S/C16H25N5O2S2/c1-5-20(6-2)25(22,23)14-9-7-8-13(10-14)15-18-19-16(21(15)17)24-11-12(3)4/h7-10,12H,5-6,11,17H2,1-4H3. The molecule has 1 aromatic heterocycles. The summed E-state index contributed by atoms with van der Waals surface area (Å²) < 4.78 is 28.2. The maximum absolute atomic E-state index is 12.7. The van der Waals surface area contributed by atoms with Gasteiger partial charge in [-0.05, 0) is 18.1 Å². The van der Waals surface area contributed by atoms with E-state index in [0.717, 1.165) is 5.75 Å². The number of sulfonamides is 1. The van der Waals surface area contributed by atoms with Crippen LogP contribution in [-0.4, -0.2) is 46.4 Å². The Kier molecular flexibility index (Phi) is 6.47. The molecule has 7 nitrogen and oxygen atoms in total. The van der Waals surface area contributed by atoms with Crippen LogP contribution in [-0.2, 0) is 10.0 Å². The van der Waals surface area contributed by atoms with E-state index in [9.17, 15) is 8.42 Å². The highest BCUT2D eigenvalue weighted by Crippen LogP contribution is 2.25. The first-order valence-corrected chi connectivity index (χ1v) is 10.7. The quantitative estimate of drug-likeness (QED) is 0.556. The number of thioether (sulfide) groups is 1. The Labute approximate surface area is 153 Å². The topological polar surface area (TPSA) is 94.1 Å².